The number of carbonyl (C=O) groups is 2. The molecule has 0 radical (unpaired) electrons. The van der Waals surface area contributed by atoms with Crippen molar-refractivity contribution in [2.45, 2.75) is 32.4 Å². The fourth-order valence-corrected chi connectivity index (χ4v) is 3.85. The Morgan fingerprint density at radius 2 is 1.68 bits per heavy atom. The quantitative estimate of drug-likeness (QED) is 0.329. The van der Waals surface area contributed by atoms with Gasteiger partial charge in [0.15, 0.2) is 6.61 Å². The van der Waals surface area contributed by atoms with Gasteiger partial charge in [-0.1, -0.05) is 55.5 Å². The monoisotopic (exact) mass is 574 g/mol. The lowest BCUT2D eigenvalue weighted by Gasteiger charge is -2.31. The minimum atomic E-state index is -0.818. The van der Waals surface area contributed by atoms with E-state index in [9.17, 15) is 14.0 Å². The summed E-state index contributed by atoms with van der Waals surface area (Å²) in [5.41, 5.74) is 1.25. The summed E-state index contributed by atoms with van der Waals surface area (Å²) in [5, 5.41) is 2.90. The van der Waals surface area contributed by atoms with Crippen molar-refractivity contribution in [3.63, 3.8) is 0 Å². The molecule has 0 unspecified atom stereocenters. The number of hydrogen-bond acceptors (Lipinski definition) is 3. The van der Waals surface area contributed by atoms with Crippen LogP contribution < -0.4 is 10.1 Å². The fraction of sp³-hybridized carbons (Fsp3) is 0.259. The third-order valence-corrected chi connectivity index (χ3v) is 6.01. The minimum absolute atomic E-state index is 0.0431. The summed E-state index contributed by atoms with van der Waals surface area (Å²) in [7, 11) is 0. The van der Waals surface area contributed by atoms with E-state index in [0.29, 0.717) is 24.3 Å². The number of ether oxygens (including phenoxy) is 1. The normalized spacial score (nSPS) is 11.5. The van der Waals surface area contributed by atoms with E-state index in [0.717, 1.165) is 15.6 Å². The molecule has 0 aromatic heterocycles. The molecule has 3 rings (SSSR count). The Balaban J connectivity index is 1.89. The van der Waals surface area contributed by atoms with Crippen LogP contribution in [0, 0.1) is 9.39 Å². The Kier molecular flexibility index (Phi) is 9.88. The summed E-state index contributed by atoms with van der Waals surface area (Å²) >= 11 is 2.19. The molecular weight excluding hydrogens is 546 g/mol. The standard InChI is InChI=1S/C27H28FIN2O3/c1-2-16-30-27(33)25(17-20-8-4-3-5-9-20)31(18-21-10-6-7-11-24(21)28)26(32)19-34-23-14-12-22(29)13-15-23/h3-15,25H,2,16-19H2,1H3,(H,30,33)/t25-/m0/s1. The van der Waals surface area contributed by atoms with Crippen molar-refractivity contribution in [1.82, 2.24) is 10.2 Å². The van der Waals surface area contributed by atoms with Gasteiger partial charge in [0.2, 0.25) is 5.91 Å². The number of nitrogens with one attached hydrogen (secondary N) is 1. The molecule has 5 nitrogen and oxygen atoms in total. The molecule has 0 fully saturated rings. The number of nitrogens with zero attached hydrogens (tertiary/aromatic N) is 1. The van der Waals surface area contributed by atoms with Crippen LogP contribution in [0.5, 0.6) is 5.75 Å². The first kappa shape index (κ1) is 25.7. The second kappa shape index (κ2) is 13.1. The van der Waals surface area contributed by atoms with Crippen LogP contribution >= 0.6 is 22.6 Å². The molecule has 0 aliphatic heterocycles. The number of carbonyl (C=O) groups excluding carboxylic acids is 2. The van der Waals surface area contributed by atoms with Gasteiger partial charge in [-0.15, -0.1) is 0 Å². The van der Waals surface area contributed by atoms with Gasteiger partial charge in [0, 0.05) is 28.6 Å². The highest BCUT2D eigenvalue weighted by Crippen LogP contribution is 2.18. The van der Waals surface area contributed by atoms with Gasteiger partial charge in [0.05, 0.1) is 0 Å². The van der Waals surface area contributed by atoms with Crippen LogP contribution in [0.15, 0.2) is 78.9 Å². The molecule has 34 heavy (non-hydrogen) atoms. The summed E-state index contributed by atoms with van der Waals surface area (Å²) in [4.78, 5) is 28.0. The molecule has 7 heteroatoms. The number of benzene rings is 3. The lowest BCUT2D eigenvalue weighted by molar-refractivity contribution is -0.142. The van der Waals surface area contributed by atoms with Crippen molar-refractivity contribution >= 4 is 34.4 Å². The van der Waals surface area contributed by atoms with E-state index in [1.54, 1.807) is 30.3 Å². The van der Waals surface area contributed by atoms with Crippen molar-refractivity contribution < 1.29 is 18.7 Å². The van der Waals surface area contributed by atoms with E-state index in [2.05, 4.69) is 27.9 Å². The van der Waals surface area contributed by atoms with Gasteiger partial charge in [0.1, 0.15) is 17.6 Å². The summed E-state index contributed by atoms with van der Waals surface area (Å²) in [5.74, 6) is -0.542. The molecule has 0 heterocycles. The molecule has 2 amide bonds. The Bertz CT molecular complexity index is 1080. The highest BCUT2D eigenvalue weighted by molar-refractivity contribution is 14.1. The highest BCUT2D eigenvalue weighted by atomic mass is 127. The number of rotatable bonds is 11. The summed E-state index contributed by atoms with van der Waals surface area (Å²) < 4.78 is 21.3. The third kappa shape index (κ3) is 7.55. The number of halogens is 2. The van der Waals surface area contributed by atoms with Gasteiger partial charge in [0.25, 0.3) is 5.91 Å². The first-order valence-electron chi connectivity index (χ1n) is 11.2. The number of hydrogen-bond donors (Lipinski definition) is 1. The Labute approximate surface area is 213 Å². The van der Waals surface area contributed by atoms with Crippen molar-refractivity contribution in [1.29, 1.82) is 0 Å². The van der Waals surface area contributed by atoms with E-state index in [1.807, 2.05) is 49.4 Å². The predicted molar refractivity (Wildman–Crippen MR) is 139 cm³/mol. The van der Waals surface area contributed by atoms with E-state index in [-0.39, 0.29) is 19.1 Å². The molecule has 1 atom stereocenters. The van der Waals surface area contributed by atoms with Gasteiger partial charge < -0.3 is 15.0 Å². The maximum Gasteiger partial charge on any atom is 0.261 e. The van der Waals surface area contributed by atoms with Crippen molar-refractivity contribution in [2.75, 3.05) is 13.2 Å². The smallest absolute Gasteiger partial charge is 0.261 e. The first-order valence-corrected chi connectivity index (χ1v) is 12.3. The molecule has 1 N–H and O–H groups in total. The van der Waals surface area contributed by atoms with E-state index in [4.69, 9.17) is 4.74 Å². The number of amides is 2. The molecule has 0 bridgehead atoms. The topological polar surface area (TPSA) is 58.6 Å². The van der Waals surface area contributed by atoms with Crippen LogP contribution in [0.4, 0.5) is 4.39 Å². The van der Waals surface area contributed by atoms with Crippen LogP contribution in [-0.2, 0) is 22.6 Å². The van der Waals surface area contributed by atoms with Crippen molar-refractivity contribution in [2.24, 2.45) is 0 Å². The molecule has 3 aromatic rings. The molecule has 0 saturated carbocycles. The molecule has 3 aromatic carbocycles. The van der Waals surface area contributed by atoms with Gasteiger partial charge >= 0.3 is 0 Å². The molecular formula is C27H28FIN2O3. The van der Waals surface area contributed by atoms with Crippen molar-refractivity contribution in [3.8, 4) is 5.75 Å². The Hall–Kier alpha value is -2.94. The van der Waals surface area contributed by atoms with Crippen LogP contribution in [0.1, 0.15) is 24.5 Å². The average molecular weight is 574 g/mol. The van der Waals surface area contributed by atoms with Crippen molar-refractivity contribution in [3.05, 3.63) is 99.4 Å². The molecule has 0 aliphatic rings. The van der Waals surface area contributed by atoms with Gasteiger partial charge in [-0.05, 0) is 64.9 Å². The maximum absolute atomic E-state index is 14.5. The van der Waals surface area contributed by atoms with E-state index in [1.165, 1.54) is 11.0 Å². The fourth-order valence-electron chi connectivity index (χ4n) is 3.49. The first-order chi connectivity index (χ1) is 16.5. The highest BCUT2D eigenvalue weighted by Gasteiger charge is 2.31. The van der Waals surface area contributed by atoms with Gasteiger partial charge in [-0.2, -0.15) is 0 Å². The zero-order chi connectivity index (χ0) is 24.3. The SMILES string of the molecule is CCCNC(=O)[C@H](Cc1ccccc1)N(Cc1ccccc1F)C(=O)COc1ccc(I)cc1. The van der Waals surface area contributed by atoms with E-state index < -0.39 is 17.8 Å². The average Bonchev–Trinajstić information content (AvgIpc) is 2.85. The zero-order valence-electron chi connectivity index (χ0n) is 19.0. The van der Waals surface area contributed by atoms with Gasteiger partial charge in [-0.25, -0.2) is 4.39 Å². The van der Waals surface area contributed by atoms with Crippen LogP contribution in [0.3, 0.4) is 0 Å². The lowest BCUT2D eigenvalue weighted by atomic mass is 10.0. The Morgan fingerprint density at radius 1 is 1.00 bits per heavy atom. The lowest BCUT2D eigenvalue weighted by Crippen LogP contribution is -2.51. The Morgan fingerprint density at radius 3 is 2.35 bits per heavy atom. The maximum atomic E-state index is 14.5. The molecule has 0 saturated heterocycles. The van der Waals surface area contributed by atoms with E-state index >= 15 is 0 Å². The minimum Gasteiger partial charge on any atom is -0.484 e. The van der Waals surface area contributed by atoms with Crippen LogP contribution in [-0.4, -0.2) is 35.9 Å². The van der Waals surface area contributed by atoms with Crippen LogP contribution in [0.2, 0.25) is 0 Å². The molecule has 178 valence electrons. The second-order valence-corrected chi connectivity index (χ2v) is 9.10. The predicted octanol–water partition coefficient (Wildman–Crippen LogP) is 4.98. The largest absolute Gasteiger partial charge is 0.484 e. The molecule has 0 aliphatic carbocycles. The van der Waals surface area contributed by atoms with Gasteiger partial charge in [-0.3, -0.25) is 9.59 Å². The third-order valence-electron chi connectivity index (χ3n) is 5.29. The summed E-state index contributed by atoms with van der Waals surface area (Å²) in [6, 6.07) is 22.3. The summed E-state index contributed by atoms with van der Waals surface area (Å²) in [6.07, 6.45) is 1.07. The zero-order valence-corrected chi connectivity index (χ0v) is 21.2. The second-order valence-electron chi connectivity index (χ2n) is 7.85. The molecule has 0 spiro atoms. The summed E-state index contributed by atoms with van der Waals surface area (Å²) in [6.45, 7) is 2.15. The van der Waals surface area contributed by atoms with Crippen LogP contribution in [0.25, 0.3) is 0 Å².